The zero-order valence-electron chi connectivity index (χ0n) is 14.4. The van der Waals surface area contributed by atoms with E-state index in [0.29, 0.717) is 13.1 Å². The minimum Gasteiger partial charge on any atom is -0.469 e. The summed E-state index contributed by atoms with van der Waals surface area (Å²) in [5.74, 6) is -0.528. The molecular weight excluding hydrogens is 310 g/mol. The minimum absolute atomic E-state index is 0.0417. The quantitative estimate of drug-likeness (QED) is 0.770. The normalized spacial score (nSPS) is 16.0. The Bertz CT molecular complexity index is 527. The van der Waals surface area contributed by atoms with Gasteiger partial charge in [-0.3, -0.25) is 9.59 Å². The topological polar surface area (TPSA) is 46.6 Å². The molecule has 0 N–H and O–H groups in total. The van der Waals surface area contributed by atoms with Gasteiger partial charge in [-0.1, -0.05) is 19.8 Å². The molecule has 1 unspecified atom stereocenters. The van der Waals surface area contributed by atoms with Crippen molar-refractivity contribution in [2.45, 2.75) is 52.4 Å². The van der Waals surface area contributed by atoms with Crippen molar-refractivity contribution >= 4 is 23.2 Å². The van der Waals surface area contributed by atoms with E-state index in [1.165, 1.54) is 43.2 Å². The number of carbonyl (C=O) groups excluding carboxylic acids is 2. The summed E-state index contributed by atoms with van der Waals surface area (Å²) in [6.45, 7) is 4.76. The third-order valence-electron chi connectivity index (χ3n) is 4.47. The number of methoxy groups -OCH3 is 1. The Labute approximate surface area is 142 Å². The van der Waals surface area contributed by atoms with Crippen molar-refractivity contribution in [3.05, 3.63) is 21.4 Å². The zero-order valence-corrected chi connectivity index (χ0v) is 15.2. The molecule has 1 aliphatic carbocycles. The van der Waals surface area contributed by atoms with E-state index in [9.17, 15) is 9.59 Å². The number of amides is 1. The molecular formula is C18H27NO3S. The molecule has 1 aromatic heterocycles. The van der Waals surface area contributed by atoms with Gasteiger partial charge in [-0.05, 0) is 44.2 Å². The van der Waals surface area contributed by atoms with Gasteiger partial charge in [0.25, 0.3) is 5.91 Å². The van der Waals surface area contributed by atoms with Crippen molar-refractivity contribution in [3.8, 4) is 0 Å². The highest BCUT2D eigenvalue weighted by molar-refractivity contribution is 7.14. The lowest BCUT2D eigenvalue weighted by atomic mass is 10.00. The lowest BCUT2D eigenvalue weighted by Crippen LogP contribution is -2.36. The third kappa shape index (κ3) is 4.56. The predicted octanol–water partition coefficient (Wildman–Crippen LogP) is 3.68. The first-order valence-electron chi connectivity index (χ1n) is 8.55. The highest BCUT2D eigenvalue weighted by Crippen LogP contribution is 2.29. The number of rotatable bonds is 5. The molecule has 0 saturated heterocycles. The van der Waals surface area contributed by atoms with Gasteiger partial charge in [-0.2, -0.15) is 0 Å². The molecule has 0 fully saturated rings. The molecule has 128 valence electrons. The van der Waals surface area contributed by atoms with Crippen molar-refractivity contribution in [2.75, 3.05) is 20.2 Å². The van der Waals surface area contributed by atoms with Crippen LogP contribution in [0.2, 0.25) is 0 Å². The number of ether oxygens (including phenoxy) is 1. The van der Waals surface area contributed by atoms with E-state index in [-0.39, 0.29) is 17.8 Å². The second kappa shape index (κ2) is 8.48. The molecule has 1 amide bonds. The molecule has 0 aliphatic heterocycles. The molecule has 5 heteroatoms. The third-order valence-corrected chi connectivity index (χ3v) is 5.70. The highest BCUT2D eigenvalue weighted by atomic mass is 32.1. The summed E-state index contributed by atoms with van der Waals surface area (Å²) < 4.78 is 4.76. The van der Waals surface area contributed by atoms with E-state index in [0.717, 1.165) is 17.7 Å². The van der Waals surface area contributed by atoms with E-state index in [1.54, 1.807) is 23.2 Å². The van der Waals surface area contributed by atoms with Crippen LogP contribution in [0.4, 0.5) is 0 Å². The molecule has 23 heavy (non-hydrogen) atoms. The summed E-state index contributed by atoms with van der Waals surface area (Å²) in [4.78, 5) is 28.3. The van der Waals surface area contributed by atoms with Crippen LogP contribution in [0.15, 0.2) is 6.07 Å². The number of thiophene rings is 1. The first-order chi connectivity index (χ1) is 11.1. The highest BCUT2D eigenvalue weighted by Gasteiger charge is 2.23. The van der Waals surface area contributed by atoms with E-state index < -0.39 is 0 Å². The molecule has 0 aromatic carbocycles. The Kier molecular flexibility index (Phi) is 6.63. The average molecular weight is 337 g/mol. The molecule has 1 aliphatic rings. The number of hydrogen-bond acceptors (Lipinski definition) is 4. The van der Waals surface area contributed by atoms with Gasteiger partial charge in [0.2, 0.25) is 0 Å². The molecule has 1 aromatic rings. The van der Waals surface area contributed by atoms with Crippen LogP contribution in [-0.2, 0) is 22.4 Å². The Balaban J connectivity index is 2.11. The Morgan fingerprint density at radius 3 is 2.61 bits per heavy atom. The molecule has 1 heterocycles. The summed E-state index contributed by atoms with van der Waals surface area (Å²) in [5, 5.41) is 0. The smallest absolute Gasteiger partial charge is 0.310 e. The van der Waals surface area contributed by atoms with Crippen LogP contribution in [0.3, 0.4) is 0 Å². The lowest BCUT2D eigenvalue weighted by Gasteiger charge is -2.22. The molecule has 4 nitrogen and oxygen atoms in total. The number of carbonyl (C=O) groups is 2. The van der Waals surface area contributed by atoms with Crippen LogP contribution in [0, 0.1) is 5.92 Å². The van der Waals surface area contributed by atoms with Crippen molar-refractivity contribution in [2.24, 2.45) is 5.92 Å². The fourth-order valence-electron chi connectivity index (χ4n) is 3.07. The summed E-state index contributed by atoms with van der Waals surface area (Å²) in [7, 11) is 1.39. The van der Waals surface area contributed by atoms with Crippen molar-refractivity contribution in [1.82, 2.24) is 4.90 Å². The van der Waals surface area contributed by atoms with Crippen molar-refractivity contribution in [1.29, 1.82) is 0 Å². The van der Waals surface area contributed by atoms with E-state index >= 15 is 0 Å². The second-order valence-electron chi connectivity index (χ2n) is 6.24. The average Bonchev–Trinajstić information content (AvgIpc) is 2.93. The van der Waals surface area contributed by atoms with Crippen LogP contribution < -0.4 is 0 Å². The fraction of sp³-hybridized carbons (Fsp3) is 0.667. The Morgan fingerprint density at radius 2 is 1.96 bits per heavy atom. The lowest BCUT2D eigenvalue weighted by molar-refractivity contribution is -0.145. The number of esters is 1. The van der Waals surface area contributed by atoms with Gasteiger partial charge in [0.15, 0.2) is 0 Å². The van der Waals surface area contributed by atoms with Gasteiger partial charge in [0.05, 0.1) is 17.9 Å². The monoisotopic (exact) mass is 337 g/mol. The van der Waals surface area contributed by atoms with Gasteiger partial charge in [-0.15, -0.1) is 11.3 Å². The Morgan fingerprint density at radius 1 is 1.26 bits per heavy atom. The largest absolute Gasteiger partial charge is 0.469 e. The van der Waals surface area contributed by atoms with Gasteiger partial charge >= 0.3 is 5.97 Å². The number of fused-ring (bicyclic) bond motifs is 1. The molecule has 1 atom stereocenters. The molecule has 0 spiro atoms. The number of nitrogens with zero attached hydrogens (tertiary/aromatic N) is 1. The predicted molar refractivity (Wildman–Crippen MR) is 93.0 cm³/mol. The maximum Gasteiger partial charge on any atom is 0.310 e. The zero-order chi connectivity index (χ0) is 16.8. The van der Waals surface area contributed by atoms with Gasteiger partial charge in [-0.25, -0.2) is 0 Å². The molecule has 0 saturated carbocycles. The van der Waals surface area contributed by atoms with Crippen LogP contribution in [0.5, 0.6) is 0 Å². The SMILES string of the molecule is CCN(CC(C)C(=O)OC)C(=O)c1cc2c(s1)CCCCCC2. The molecule has 2 rings (SSSR count). The first-order valence-corrected chi connectivity index (χ1v) is 9.37. The minimum atomic E-state index is -0.301. The molecule has 0 radical (unpaired) electrons. The van der Waals surface area contributed by atoms with Crippen LogP contribution in [-0.4, -0.2) is 37.0 Å². The second-order valence-corrected chi connectivity index (χ2v) is 7.38. The Hall–Kier alpha value is -1.36. The van der Waals surface area contributed by atoms with E-state index in [1.807, 2.05) is 6.92 Å². The fourth-order valence-corrected chi connectivity index (χ4v) is 4.29. The van der Waals surface area contributed by atoms with Crippen molar-refractivity contribution in [3.63, 3.8) is 0 Å². The summed E-state index contributed by atoms with van der Waals surface area (Å²) in [6, 6.07) is 2.08. The van der Waals surface area contributed by atoms with Gasteiger partial charge in [0.1, 0.15) is 0 Å². The van der Waals surface area contributed by atoms with Crippen LogP contribution >= 0.6 is 11.3 Å². The van der Waals surface area contributed by atoms with Crippen LogP contribution in [0.1, 0.15) is 59.6 Å². The van der Waals surface area contributed by atoms with E-state index in [2.05, 4.69) is 6.07 Å². The van der Waals surface area contributed by atoms with Gasteiger partial charge in [0, 0.05) is 18.0 Å². The molecule has 0 bridgehead atoms. The van der Waals surface area contributed by atoms with E-state index in [4.69, 9.17) is 4.74 Å². The van der Waals surface area contributed by atoms with Crippen LogP contribution in [0.25, 0.3) is 0 Å². The number of hydrogen-bond donors (Lipinski definition) is 0. The number of aryl methyl sites for hydroxylation is 2. The van der Waals surface area contributed by atoms with Gasteiger partial charge < -0.3 is 9.64 Å². The summed E-state index contributed by atoms with van der Waals surface area (Å²) in [6.07, 6.45) is 7.20. The summed E-state index contributed by atoms with van der Waals surface area (Å²) >= 11 is 1.64. The summed E-state index contributed by atoms with van der Waals surface area (Å²) in [5.41, 5.74) is 1.36. The maximum absolute atomic E-state index is 12.8. The standard InChI is InChI=1S/C18H27NO3S/c1-4-19(12-13(2)18(21)22-3)17(20)16-11-14-9-7-5-6-8-10-15(14)23-16/h11,13H,4-10,12H2,1-3H3. The maximum atomic E-state index is 12.8. The van der Waals surface area contributed by atoms with Crippen molar-refractivity contribution < 1.29 is 14.3 Å². The first kappa shape index (κ1) is 18.0.